The first-order valence-electron chi connectivity index (χ1n) is 12.8. The van der Waals surface area contributed by atoms with Gasteiger partial charge in [0.1, 0.15) is 23.2 Å². The number of carbonyl (C=O) groups is 5. The molecule has 0 radical (unpaired) electrons. The fraction of sp³-hybridized carbons (Fsp3) is 0.520. The summed E-state index contributed by atoms with van der Waals surface area (Å²) in [7, 11) is 1.31. The van der Waals surface area contributed by atoms with E-state index in [2.05, 4.69) is 30.9 Å². The van der Waals surface area contributed by atoms with Gasteiger partial charge >= 0.3 is 0 Å². The Labute approximate surface area is 228 Å². The summed E-state index contributed by atoms with van der Waals surface area (Å²) in [5.74, 6) is -2.08. The smallest absolute Gasteiger partial charge is 0.287 e. The molecule has 0 spiro atoms. The number of hydrogen-bond donors (Lipinski definition) is 4. The second kappa shape index (κ2) is 12.3. The lowest BCUT2D eigenvalue weighted by Gasteiger charge is -2.23. The predicted octanol–water partition coefficient (Wildman–Crippen LogP) is 0.145. The molecule has 0 unspecified atom stereocenters. The lowest BCUT2D eigenvalue weighted by Crippen LogP contribution is -2.45. The van der Waals surface area contributed by atoms with Crippen LogP contribution in [0.5, 0.6) is 0 Å². The van der Waals surface area contributed by atoms with Gasteiger partial charge in [-0.2, -0.15) is 0 Å². The molecule has 4 N–H and O–H groups in total. The lowest BCUT2D eigenvalue weighted by atomic mass is 9.95. The summed E-state index contributed by atoms with van der Waals surface area (Å²) in [6, 6.07) is 1.80. The van der Waals surface area contributed by atoms with Gasteiger partial charge in [-0.15, -0.1) is 5.10 Å². The minimum absolute atomic E-state index is 0.0947. The summed E-state index contributed by atoms with van der Waals surface area (Å²) in [6.07, 6.45) is 5.37. The standard InChI is InChI=1S/C25H31N7O6S/c1-13-21(39-31-30-13)24(37)28-16(7-8-19(33)23(36)26-2)22(35)29-17-4-3-9-32(25(17)38)12-20(34)27-18-11-14-5-6-15(18)10-14/h3-4,9,14-16,18H,5-8,10-12H2,1-2H3,(H,26,36)(H,27,34)(H,28,37)(H,29,35)/t14-,15+,16-,18+/m0/s1. The van der Waals surface area contributed by atoms with Crippen molar-refractivity contribution in [1.29, 1.82) is 0 Å². The van der Waals surface area contributed by atoms with Crippen molar-refractivity contribution < 1.29 is 24.0 Å². The Morgan fingerprint density at radius 1 is 1.18 bits per heavy atom. The number of ketones is 1. The molecule has 2 aliphatic rings. The van der Waals surface area contributed by atoms with E-state index in [1.165, 1.54) is 36.4 Å². The lowest BCUT2D eigenvalue weighted by molar-refractivity contribution is -0.137. The van der Waals surface area contributed by atoms with Gasteiger partial charge in [0, 0.05) is 25.7 Å². The Kier molecular flexibility index (Phi) is 8.84. The minimum atomic E-state index is -1.25. The van der Waals surface area contributed by atoms with Crippen LogP contribution in [0.4, 0.5) is 5.69 Å². The largest absolute Gasteiger partial charge is 0.353 e. The second-order valence-electron chi connectivity index (χ2n) is 9.95. The molecule has 4 rings (SSSR count). The number of nitrogens with zero attached hydrogens (tertiary/aromatic N) is 3. The van der Waals surface area contributed by atoms with E-state index in [9.17, 15) is 28.8 Å². The maximum atomic E-state index is 13.2. The third kappa shape index (κ3) is 6.74. The number of nitrogens with one attached hydrogen (secondary N) is 4. The minimum Gasteiger partial charge on any atom is -0.353 e. The van der Waals surface area contributed by atoms with E-state index in [1.54, 1.807) is 6.92 Å². The normalized spacial score (nSPS) is 20.2. The average Bonchev–Trinajstić information content (AvgIpc) is 3.65. The SMILES string of the molecule is CNC(=O)C(=O)CC[C@H](NC(=O)c1snnc1C)C(=O)Nc1cccn(CC(=O)N[C@@H]2C[C@H]3CC[C@@H]2C3)c1=O. The zero-order chi connectivity index (χ0) is 28.1. The number of likely N-dealkylation sites (N-methyl/N-ethyl adjacent to an activating group) is 1. The molecule has 2 aliphatic carbocycles. The summed E-state index contributed by atoms with van der Waals surface area (Å²) in [4.78, 5) is 75.4. The van der Waals surface area contributed by atoms with Crippen LogP contribution in [0.1, 0.15) is 53.9 Å². The summed E-state index contributed by atoms with van der Waals surface area (Å²) < 4.78 is 4.91. The molecule has 2 heterocycles. The number of pyridine rings is 1. The summed E-state index contributed by atoms with van der Waals surface area (Å²) in [5.41, 5.74) is -0.321. The fourth-order valence-electron chi connectivity index (χ4n) is 5.27. The number of aromatic nitrogens is 3. The maximum Gasteiger partial charge on any atom is 0.287 e. The summed E-state index contributed by atoms with van der Waals surface area (Å²) in [5, 5.41) is 14.1. The monoisotopic (exact) mass is 557 g/mol. The van der Waals surface area contributed by atoms with Crippen molar-refractivity contribution in [1.82, 2.24) is 30.1 Å². The van der Waals surface area contributed by atoms with E-state index >= 15 is 0 Å². The molecule has 2 bridgehead atoms. The number of anilines is 1. The molecular weight excluding hydrogens is 526 g/mol. The van der Waals surface area contributed by atoms with Crippen LogP contribution in [-0.2, 0) is 25.7 Å². The van der Waals surface area contributed by atoms with Gasteiger partial charge in [0.15, 0.2) is 0 Å². The van der Waals surface area contributed by atoms with Gasteiger partial charge in [0.25, 0.3) is 17.4 Å². The first kappa shape index (κ1) is 28.1. The van der Waals surface area contributed by atoms with Crippen molar-refractivity contribution in [2.24, 2.45) is 11.8 Å². The van der Waals surface area contributed by atoms with Gasteiger partial charge < -0.3 is 25.8 Å². The maximum absolute atomic E-state index is 13.2. The Hall–Kier alpha value is -3.94. The van der Waals surface area contributed by atoms with Crippen LogP contribution in [0, 0.1) is 18.8 Å². The third-order valence-electron chi connectivity index (χ3n) is 7.30. The van der Waals surface area contributed by atoms with Gasteiger partial charge in [-0.05, 0) is 68.1 Å². The van der Waals surface area contributed by atoms with Gasteiger partial charge in [-0.3, -0.25) is 28.8 Å². The number of aryl methyl sites for hydroxylation is 1. The highest BCUT2D eigenvalue weighted by Gasteiger charge is 2.40. The number of rotatable bonds is 11. The number of Topliss-reactive ketones (excluding diaryl/α,β-unsaturated/α-hetero) is 1. The van der Waals surface area contributed by atoms with Crippen molar-refractivity contribution in [3.05, 3.63) is 39.3 Å². The van der Waals surface area contributed by atoms with Gasteiger partial charge in [0.05, 0.1) is 5.69 Å². The Balaban J connectivity index is 1.43. The average molecular weight is 558 g/mol. The number of amides is 4. The van der Waals surface area contributed by atoms with Crippen molar-refractivity contribution >= 4 is 46.6 Å². The quantitative estimate of drug-likeness (QED) is 0.282. The molecule has 0 aliphatic heterocycles. The molecule has 208 valence electrons. The topological polar surface area (TPSA) is 181 Å². The van der Waals surface area contributed by atoms with E-state index in [0.717, 1.165) is 30.8 Å². The molecule has 0 aromatic carbocycles. The van der Waals surface area contributed by atoms with Crippen LogP contribution in [0.25, 0.3) is 0 Å². The highest BCUT2D eigenvalue weighted by molar-refractivity contribution is 7.08. The first-order valence-corrected chi connectivity index (χ1v) is 13.6. The predicted molar refractivity (Wildman–Crippen MR) is 141 cm³/mol. The molecule has 13 nitrogen and oxygen atoms in total. The molecule has 2 saturated carbocycles. The fourth-order valence-corrected chi connectivity index (χ4v) is 5.83. The molecule has 4 amide bonds. The number of fused-ring (bicyclic) bond motifs is 2. The third-order valence-corrected chi connectivity index (χ3v) is 8.12. The van der Waals surface area contributed by atoms with Crippen LogP contribution in [0.2, 0.25) is 0 Å². The highest BCUT2D eigenvalue weighted by atomic mass is 32.1. The van der Waals surface area contributed by atoms with Crippen molar-refractivity contribution in [2.45, 2.75) is 64.1 Å². The van der Waals surface area contributed by atoms with Crippen molar-refractivity contribution in [3.8, 4) is 0 Å². The Morgan fingerprint density at radius 3 is 2.62 bits per heavy atom. The molecule has 4 atom stereocenters. The summed E-state index contributed by atoms with van der Waals surface area (Å²) in [6.45, 7) is 1.39. The molecule has 2 fully saturated rings. The van der Waals surface area contributed by atoms with E-state index in [1.807, 2.05) is 0 Å². The van der Waals surface area contributed by atoms with E-state index in [-0.39, 0.29) is 41.9 Å². The van der Waals surface area contributed by atoms with Gasteiger partial charge in [-0.1, -0.05) is 10.9 Å². The second-order valence-corrected chi connectivity index (χ2v) is 10.7. The molecule has 2 aromatic rings. The first-order chi connectivity index (χ1) is 18.7. The van der Waals surface area contributed by atoms with E-state index in [4.69, 9.17) is 0 Å². The van der Waals surface area contributed by atoms with Crippen LogP contribution in [0.15, 0.2) is 23.1 Å². The van der Waals surface area contributed by atoms with Gasteiger partial charge in [0.2, 0.25) is 17.6 Å². The van der Waals surface area contributed by atoms with Gasteiger partial charge in [-0.25, -0.2) is 0 Å². The molecule has 0 saturated heterocycles. The Bertz CT molecular complexity index is 1340. The molecule has 2 aromatic heterocycles. The number of carbonyl (C=O) groups excluding carboxylic acids is 5. The highest BCUT2D eigenvalue weighted by Crippen LogP contribution is 2.44. The van der Waals surface area contributed by atoms with Crippen molar-refractivity contribution in [3.63, 3.8) is 0 Å². The zero-order valence-electron chi connectivity index (χ0n) is 21.7. The molecule has 14 heteroatoms. The van der Waals surface area contributed by atoms with E-state index < -0.39 is 35.1 Å². The Morgan fingerprint density at radius 2 is 1.97 bits per heavy atom. The van der Waals surface area contributed by atoms with Crippen LogP contribution in [-0.4, -0.2) is 62.7 Å². The van der Waals surface area contributed by atoms with Crippen LogP contribution in [0.3, 0.4) is 0 Å². The zero-order valence-corrected chi connectivity index (χ0v) is 22.5. The van der Waals surface area contributed by atoms with E-state index in [0.29, 0.717) is 17.5 Å². The molecular formula is C25H31N7O6S. The number of hydrogen-bond acceptors (Lipinski definition) is 9. The van der Waals surface area contributed by atoms with Crippen LogP contribution >= 0.6 is 11.5 Å². The van der Waals surface area contributed by atoms with Crippen LogP contribution < -0.4 is 26.8 Å². The van der Waals surface area contributed by atoms with Crippen molar-refractivity contribution in [2.75, 3.05) is 12.4 Å². The molecule has 39 heavy (non-hydrogen) atoms. The summed E-state index contributed by atoms with van der Waals surface area (Å²) >= 11 is 0.846.